The minimum Gasteiger partial charge on any atom is -0.205 e. The number of allylic oxidation sites excluding steroid dienone is 3. The van der Waals surface area contributed by atoms with Gasteiger partial charge in [0.15, 0.2) is 0 Å². The van der Waals surface area contributed by atoms with E-state index >= 15 is 0 Å². The maximum absolute atomic E-state index is 6.53. The number of hydrogen-bond acceptors (Lipinski definition) is 2. The molecule has 9 heavy (non-hydrogen) atoms. The molecule has 0 rings (SSSR count). The molecule has 0 unspecified atom stereocenters. The van der Waals surface area contributed by atoms with Gasteiger partial charge < -0.3 is 0 Å². The van der Waals surface area contributed by atoms with Crippen molar-refractivity contribution in [2.75, 3.05) is 0 Å². The monoisotopic (exact) mass is 124 g/mol. The Morgan fingerprint density at radius 2 is 2.33 bits per heavy atom. The lowest BCUT2D eigenvalue weighted by molar-refractivity contribution is 1.07. The van der Waals surface area contributed by atoms with Gasteiger partial charge in [0.1, 0.15) is 0 Å². The van der Waals surface area contributed by atoms with Crippen molar-refractivity contribution in [2.24, 2.45) is 5.11 Å². The van der Waals surface area contributed by atoms with Crippen LogP contribution in [-0.2, 0) is 0 Å². The van der Waals surface area contributed by atoms with Gasteiger partial charge in [-0.2, -0.15) is 5.11 Å². The van der Waals surface area contributed by atoms with Gasteiger partial charge in [-0.1, -0.05) is 19.1 Å². The summed E-state index contributed by atoms with van der Waals surface area (Å²) in [5, 5.41) is 3.16. The second-order valence-electron chi connectivity index (χ2n) is 1.69. The lowest BCUT2D eigenvalue weighted by Gasteiger charge is -1.89. The van der Waals surface area contributed by atoms with Crippen LogP contribution in [0.2, 0.25) is 0 Å². The lowest BCUT2D eigenvalue weighted by Crippen LogP contribution is -1.70. The summed E-state index contributed by atoms with van der Waals surface area (Å²) in [7, 11) is 0. The number of rotatable bonds is 3. The van der Waals surface area contributed by atoms with Crippen LogP contribution >= 0.6 is 0 Å². The average Bonchev–Trinajstić information content (AvgIpc) is 1.88. The Morgan fingerprint density at radius 1 is 1.67 bits per heavy atom. The zero-order valence-electron chi connectivity index (χ0n) is 5.89. The van der Waals surface area contributed by atoms with Crippen LogP contribution < -0.4 is 0 Å². The first-order chi connectivity index (χ1) is 4.35. The fraction of sp³-hybridized carbons (Fsp3) is 0.429. The van der Waals surface area contributed by atoms with E-state index in [-0.39, 0.29) is 0 Å². The summed E-state index contributed by atoms with van der Waals surface area (Å²) in [6.07, 6.45) is 6.39. The molecule has 0 atom stereocenters. The second-order valence-corrected chi connectivity index (χ2v) is 1.69. The molecule has 0 saturated carbocycles. The van der Waals surface area contributed by atoms with Gasteiger partial charge in [-0.15, -0.1) is 0 Å². The molecule has 0 fully saturated rings. The highest BCUT2D eigenvalue weighted by Crippen LogP contribution is 2.01. The van der Waals surface area contributed by atoms with Crippen LogP contribution in [0.25, 0.3) is 0 Å². The summed E-state index contributed by atoms with van der Waals surface area (Å²) < 4.78 is 0. The third-order valence-corrected chi connectivity index (χ3v) is 1.02. The van der Waals surface area contributed by atoms with E-state index in [1.165, 1.54) is 0 Å². The van der Waals surface area contributed by atoms with Crippen LogP contribution in [0.15, 0.2) is 29.0 Å². The molecule has 0 aromatic carbocycles. The highest BCUT2D eigenvalue weighted by molar-refractivity contribution is 5.16. The van der Waals surface area contributed by atoms with Crippen molar-refractivity contribution in [2.45, 2.75) is 20.3 Å². The van der Waals surface area contributed by atoms with Crippen molar-refractivity contribution in [1.29, 1.82) is 5.53 Å². The first-order valence-corrected chi connectivity index (χ1v) is 3.03. The molecule has 0 aromatic heterocycles. The third-order valence-electron chi connectivity index (χ3n) is 1.02. The molecule has 0 spiro atoms. The van der Waals surface area contributed by atoms with Crippen LogP contribution in [0.3, 0.4) is 0 Å². The van der Waals surface area contributed by atoms with Crippen LogP contribution in [0.5, 0.6) is 0 Å². The second kappa shape index (κ2) is 5.22. The fourth-order valence-electron chi connectivity index (χ4n) is 0.549. The van der Waals surface area contributed by atoms with Crippen LogP contribution in [-0.4, -0.2) is 0 Å². The molecule has 0 amide bonds. The largest absolute Gasteiger partial charge is 0.205 e. The average molecular weight is 124 g/mol. The summed E-state index contributed by atoms with van der Waals surface area (Å²) in [4.78, 5) is 0. The molecule has 0 aliphatic heterocycles. The van der Waals surface area contributed by atoms with Crippen molar-refractivity contribution >= 4 is 0 Å². The van der Waals surface area contributed by atoms with Crippen LogP contribution in [0.4, 0.5) is 0 Å². The normalized spacial score (nSPS) is 12.4. The predicted molar refractivity (Wildman–Crippen MR) is 38.3 cm³/mol. The van der Waals surface area contributed by atoms with E-state index in [4.69, 9.17) is 5.53 Å². The van der Waals surface area contributed by atoms with E-state index in [0.717, 1.165) is 12.0 Å². The first-order valence-electron chi connectivity index (χ1n) is 3.03. The van der Waals surface area contributed by atoms with E-state index in [9.17, 15) is 0 Å². The van der Waals surface area contributed by atoms with E-state index in [1.807, 2.05) is 26.0 Å². The van der Waals surface area contributed by atoms with Crippen molar-refractivity contribution in [1.82, 2.24) is 0 Å². The molecule has 50 valence electrons. The third kappa shape index (κ3) is 3.64. The van der Waals surface area contributed by atoms with E-state index in [1.54, 1.807) is 6.20 Å². The maximum Gasteiger partial charge on any atom is 0.0520 e. The van der Waals surface area contributed by atoms with Gasteiger partial charge in [0.2, 0.25) is 0 Å². The Bertz CT molecular complexity index is 134. The smallest absolute Gasteiger partial charge is 0.0520 e. The predicted octanol–water partition coefficient (Wildman–Crippen LogP) is 2.89. The molecule has 2 nitrogen and oxygen atoms in total. The fourth-order valence-corrected chi connectivity index (χ4v) is 0.549. The Morgan fingerprint density at radius 3 is 2.67 bits per heavy atom. The molecular weight excluding hydrogens is 112 g/mol. The van der Waals surface area contributed by atoms with E-state index < -0.39 is 0 Å². The molecule has 1 N–H and O–H groups in total. The molecule has 0 heterocycles. The minimum absolute atomic E-state index is 0.937. The molecule has 0 aliphatic carbocycles. The lowest BCUT2D eigenvalue weighted by atomic mass is 10.2. The summed E-state index contributed by atoms with van der Waals surface area (Å²) in [5.41, 5.74) is 7.62. The molecular formula is C7H12N2. The maximum atomic E-state index is 6.53. The van der Waals surface area contributed by atoms with Gasteiger partial charge in [0.25, 0.3) is 0 Å². The summed E-state index contributed by atoms with van der Waals surface area (Å²) in [6, 6.07) is 0. The molecule has 0 radical (unpaired) electrons. The zero-order chi connectivity index (χ0) is 7.11. The van der Waals surface area contributed by atoms with Crippen molar-refractivity contribution in [3.05, 3.63) is 23.9 Å². The highest BCUT2D eigenvalue weighted by atomic mass is 14.9. The SMILES string of the molecule is CC=C/C(=C\N=N)CC. The highest BCUT2D eigenvalue weighted by Gasteiger charge is 1.82. The van der Waals surface area contributed by atoms with Gasteiger partial charge in [-0.3, -0.25) is 0 Å². The number of nitrogens with zero attached hydrogens (tertiary/aromatic N) is 1. The van der Waals surface area contributed by atoms with Gasteiger partial charge >= 0.3 is 0 Å². The molecule has 0 bridgehead atoms. The van der Waals surface area contributed by atoms with Crippen LogP contribution in [0.1, 0.15) is 20.3 Å². The number of nitrogens with one attached hydrogen (secondary N) is 1. The van der Waals surface area contributed by atoms with Crippen molar-refractivity contribution < 1.29 is 0 Å². The Hall–Kier alpha value is -0.920. The van der Waals surface area contributed by atoms with Crippen molar-refractivity contribution in [3.63, 3.8) is 0 Å². The topological polar surface area (TPSA) is 36.2 Å². The van der Waals surface area contributed by atoms with Gasteiger partial charge in [0.05, 0.1) is 6.20 Å². The summed E-state index contributed by atoms with van der Waals surface area (Å²) >= 11 is 0. The van der Waals surface area contributed by atoms with Crippen molar-refractivity contribution in [3.8, 4) is 0 Å². The quantitative estimate of drug-likeness (QED) is 0.443. The van der Waals surface area contributed by atoms with Gasteiger partial charge in [-0.25, -0.2) is 5.53 Å². The Labute approximate surface area is 55.8 Å². The first kappa shape index (κ1) is 8.08. The minimum atomic E-state index is 0.937. The van der Waals surface area contributed by atoms with Gasteiger partial charge in [-0.05, 0) is 18.9 Å². The standard InChI is InChI=1S/C7H12N2/c1-3-5-7(4-2)6-9-8/h3,5-6,8H,4H2,1-2H3/b5-3?,7-6-,9-8?. The Balaban J connectivity index is 3.96. The molecule has 0 aromatic rings. The van der Waals surface area contributed by atoms with Crippen LogP contribution in [0, 0.1) is 5.53 Å². The molecule has 2 heteroatoms. The number of hydrogen-bond donors (Lipinski definition) is 1. The summed E-state index contributed by atoms with van der Waals surface area (Å²) in [6.45, 7) is 3.99. The van der Waals surface area contributed by atoms with Gasteiger partial charge in [0, 0.05) is 0 Å². The van der Waals surface area contributed by atoms with E-state index in [2.05, 4.69) is 5.11 Å². The zero-order valence-corrected chi connectivity index (χ0v) is 5.89. The molecule has 0 saturated heterocycles. The van der Waals surface area contributed by atoms with E-state index in [0.29, 0.717) is 0 Å². The molecule has 0 aliphatic rings. The Kier molecular flexibility index (Phi) is 4.69. The summed E-state index contributed by atoms with van der Waals surface area (Å²) in [5.74, 6) is 0.